The van der Waals surface area contributed by atoms with Gasteiger partial charge in [-0.1, -0.05) is 6.92 Å². The van der Waals surface area contributed by atoms with Crippen LogP contribution in [0.15, 0.2) is 27.7 Å². The molecule has 0 radical (unpaired) electrons. The second-order valence-corrected chi connectivity index (χ2v) is 8.06. The van der Waals surface area contributed by atoms with Gasteiger partial charge in [0.1, 0.15) is 11.2 Å². The van der Waals surface area contributed by atoms with Gasteiger partial charge in [0.15, 0.2) is 5.60 Å². The molecule has 2 aliphatic rings. The molecule has 3 aromatic heterocycles. The minimum absolute atomic E-state index is 0.103. The average molecular weight is 457 g/mol. The average Bonchev–Trinajstić information content (AvgIpc) is 3.08. The lowest BCUT2D eigenvalue weighted by Gasteiger charge is -2.31. The van der Waals surface area contributed by atoms with Gasteiger partial charge >= 0.3 is 5.97 Å². The summed E-state index contributed by atoms with van der Waals surface area (Å²) in [6, 6.07) is 3.56. The highest BCUT2D eigenvalue weighted by Gasteiger charge is 2.45. The van der Waals surface area contributed by atoms with E-state index in [1.807, 2.05) is 6.07 Å². The molecule has 8 nitrogen and oxygen atoms in total. The van der Waals surface area contributed by atoms with Crippen molar-refractivity contribution in [2.24, 2.45) is 5.73 Å². The highest BCUT2D eigenvalue weighted by Crippen LogP contribution is 2.40. The number of nitrogens with two attached hydrogens (primary N) is 1. The normalized spacial score (nSPS) is 19.7. The molecule has 5 rings (SSSR count). The quantitative estimate of drug-likeness (QED) is 0.347. The minimum Gasteiger partial charge on any atom is -0.458 e. The molecule has 0 unspecified atom stereocenters. The van der Waals surface area contributed by atoms with E-state index in [9.17, 15) is 14.7 Å². The number of pyridine rings is 3. The Morgan fingerprint density at radius 2 is 2.14 bits per heavy atom. The third kappa shape index (κ3) is 2.38. The highest BCUT2D eigenvalue weighted by atomic mass is 79.9. The lowest BCUT2D eigenvalue weighted by molar-refractivity contribution is -0.172. The molecule has 0 spiro atoms. The molecule has 0 aromatic carbocycles. The van der Waals surface area contributed by atoms with Gasteiger partial charge in [0.2, 0.25) is 0 Å². The van der Waals surface area contributed by atoms with E-state index in [1.165, 1.54) is 0 Å². The molecule has 0 aliphatic carbocycles. The smallest absolute Gasteiger partial charge is 0.343 e. The molecule has 9 heteroatoms. The molecule has 0 fully saturated rings. The Morgan fingerprint density at radius 3 is 2.86 bits per heavy atom. The summed E-state index contributed by atoms with van der Waals surface area (Å²) in [7, 11) is 0. The van der Waals surface area contributed by atoms with E-state index in [0.717, 1.165) is 16.5 Å². The van der Waals surface area contributed by atoms with Gasteiger partial charge in [0.05, 0.1) is 35.2 Å². The van der Waals surface area contributed by atoms with Crippen LogP contribution in [-0.2, 0) is 34.8 Å². The summed E-state index contributed by atoms with van der Waals surface area (Å²) >= 11 is 3.38. The Labute approximate surface area is 173 Å². The van der Waals surface area contributed by atoms with Crippen molar-refractivity contribution in [3.8, 4) is 11.4 Å². The summed E-state index contributed by atoms with van der Waals surface area (Å²) in [6.07, 6.45) is 1.75. The zero-order valence-electron chi connectivity index (χ0n) is 15.5. The lowest BCUT2D eigenvalue weighted by Crippen LogP contribution is -2.44. The van der Waals surface area contributed by atoms with Crippen LogP contribution >= 0.6 is 15.9 Å². The number of aromatic nitrogens is 3. The highest BCUT2D eigenvalue weighted by molar-refractivity contribution is 9.10. The number of carbonyl (C=O) groups is 1. The molecule has 3 N–H and O–H groups in total. The Kier molecular flexibility index (Phi) is 3.93. The summed E-state index contributed by atoms with van der Waals surface area (Å²) in [6.45, 7) is 2.13. The van der Waals surface area contributed by atoms with Crippen LogP contribution < -0.4 is 11.3 Å². The van der Waals surface area contributed by atoms with Crippen molar-refractivity contribution in [1.82, 2.24) is 14.5 Å². The van der Waals surface area contributed by atoms with Crippen molar-refractivity contribution in [3.63, 3.8) is 0 Å². The van der Waals surface area contributed by atoms with Crippen molar-refractivity contribution in [2.45, 2.75) is 38.6 Å². The maximum Gasteiger partial charge on any atom is 0.343 e. The van der Waals surface area contributed by atoms with E-state index < -0.39 is 11.6 Å². The van der Waals surface area contributed by atoms with E-state index in [-0.39, 0.29) is 25.1 Å². The molecule has 2 aliphatic heterocycles. The standard InChI is InChI=1S/C20H17BrN4O4/c1-2-20(28)13-4-15-17-11(7-25(15)18(26)12(13)8-29-19(20)27)10(5-22)9-3-16(21)23-6-14(9)24-17/h3-4,6,28H,2,5,7-8,22H2,1H3/t20-/m0/s1. The molecule has 0 amide bonds. The SMILES string of the molecule is CC[C@@]1(O)C(=O)OCc2c1cc1n(c2=O)Cc2c-1nc1cnc(Br)cc1c2CN. The van der Waals surface area contributed by atoms with Gasteiger partial charge in [-0.05, 0) is 40.0 Å². The van der Waals surface area contributed by atoms with Gasteiger partial charge in [-0.3, -0.25) is 4.79 Å². The number of fused-ring (bicyclic) bond motifs is 5. The minimum atomic E-state index is -1.84. The van der Waals surface area contributed by atoms with Crippen LogP contribution in [0.1, 0.15) is 35.6 Å². The summed E-state index contributed by atoms with van der Waals surface area (Å²) in [4.78, 5) is 34.4. The molecule has 0 saturated heterocycles. The molecule has 5 heterocycles. The number of carbonyl (C=O) groups excluding carboxylic acids is 1. The number of cyclic esters (lactones) is 1. The van der Waals surface area contributed by atoms with Gasteiger partial charge in [0.25, 0.3) is 5.56 Å². The maximum absolute atomic E-state index is 13.2. The summed E-state index contributed by atoms with van der Waals surface area (Å²) < 4.78 is 7.38. The fourth-order valence-electron chi connectivity index (χ4n) is 4.27. The topological polar surface area (TPSA) is 120 Å². The summed E-state index contributed by atoms with van der Waals surface area (Å²) in [5.74, 6) is -0.738. The van der Waals surface area contributed by atoms with E-state index >= 15 is 0 Å². The van der Waals surface area contributed by atoms with Crippen molar-refractivity contribution < 1.29 is 14.6 Å². The molecule has 0 saturated carbocycles. The first-order chi connectivity index (χ1) is 13.9. The lowest BCUT2D eigenvalue weighted by atomic mass is 9.86. The number of esters is 1. The van der Waals surface area contributed by atoms with Crippen LogP contribution in [0.25, 0.3) is 22.3 Å². The molecule has 1 atom stereocenters. The van der Waals surface area contributed by atoms with Crippen LogP contribution in [0.4, 0.5) is 0 Å². The second-order valence-electron chi connectivity index (χ2n) is 7.25. The summed E-state index contributed by atoms with van der Waals surface area (Å²) in [5, 5.41) is 11.8. The van der Waals surface area contributed by atoms with Crippen molar-refractivity contribution in [2.75, 3.05) is 0 Å². The first kappa shape index (κ1) is 18.4. The number of hydrogen-bond acceptors (Lipinski definition) is 7. The molecule has 3 aromatic rings. The molecule has 0 bridgehead atoms. The van der Waals surface area contributed by atoms with Crippen molar-refractivity contribution in [3.05, 3.63) is 55.5 Å². The Balaban J connectivity index is 1.84. The Bertz CT molecular complexity index is 1290. The van der Waals surface area contributed by atoms with Gasteiger partial charge in [0, 0.05) is 23.1 Å². The number of aliphatic hydroxyl groups is 1. The predicted octanol–water partition coefficient (Wildman–Crippen LogP) is 1.70. The first-order valence-corrected chi connectivity index (χ1v) is 10.0. The number of rotatable bonds is 2. The van der Waals surface area contributed by atoms with Gasteiger partial charge in [-0.15, -0.1) is 0 Å². The van der Waals surface area contributed by atoms with Crippen LogP contribution in [0, 0.1) is 0 Å². The zero-order chi connectivity index (χ0) is 20.5. The third-order valence-electron chi connectivity index (χ3n) is 5.86. The number of ether oxygens (including phenoxy) is 1. The Hall–Kier alpha value is -2.62. The molecule has 29 heavy (non-hydrogen) atoms. The van der Waals surface area contributed by atoms with Crippen LogP contribution in [-0.4, -0.2) is 25.6 Å². The van der Waals surface area contributed by atoms with E-state index in [4.69, 9.17) is 15.5 Å². The van der Waals surface area contributed by atoms with E-state index in [0.29, 0.717) is 39.2 Å². The predicted molar refractivity (Wildman–Crippen MR) is 108 cm³/mol. The van der Waals surface area contributed by atoms with Crippen LogP contribution in [0.2, 0.25) is 0 Å². The van der Waals surface area contributed by atoms with Gasteiger partial charge < -0.3 is 20.1 Å². The van der Waals surface area contributed by atoms with Gasteiger partial charge in [-0.2, -0.15) is 0 Å². The molecule has 148 valence electrons. The second kappa shape index (κ2) is 6.19. The van der Waals surface area contributed by atoms with Gasteiger partial charge in [-0.25, -0.2) is 14.8 Å². The number of halogens is 1. The van der Waals surface area contributed by atoms with Crippen molar-refractivity contribution in [1.29, 1.82) is 0 Å². The van der Waals surface area contributed by atoms with E-state index in [1.54, 1.807) is 23.8 Å². The van der Waals surface area contributed by atoms with Crippen LogP contribution in [0.3, 0.4) is 0 Å². The van der Waals surface area contributed by atoms with Crippen molar-refractivity contribution >= 4 is 32.8 Å². The largest absolute Gasteiger partial charge is 0.458 e. The Morgan fingerprint density at radius 1 is 1.34 bits per heavy atom. The van der Waals surface area contributed by atoms with E-state index in [2.05, 4.69) is 20.9 Å². The maximum atomic E-state index is 13.2. The fourth-order valence-corrected chi connectivity index (χ4v) is 4.60. The summed E-state index contributed by atoms with van der Waals surface area (Å²) in [5.41, 5.74) is 8.13. The zero-order valence-corrected chi connectivity index (χ0v) is 17.1. The number of nitrogens with zero attached hydrogens (tertiary/aromatic N) is 3. The fraction of sp³-hybridized carbons (Fsp3) is 0.300. The first-order valence-electron chi connectivity index (χ1n) is 9.23. The van der Waals surface area contributed by atoms with Crippen LogP contribution in [0.5, 0.6) is 0 Å². The molecular formula is C20H17BrN4O4. The third-order valence-corrected chi connectivity index (χ3v) is 6.30. The molecular weight excluding hydrogens is 440 g/mol. The number of hydrogen-bond donors (Lipinski definition) is 2. The monoisotopic (exact) mass is 456 g/mol.